The van der Waals surface area contributed by atoms with Gasteiger partial charge < -0.3 is 10.6 Å². The van der Waals surface area contributed by atoms with Crippen LogP contribution in [0.25, 0.3) is 0 Å². The van der Waals surface area contributed by atoms with Crippen LogP contribution in [0.1, 0.15) is 24.1 Å². The highest BCUT2D eigenvalue weighted by Crippen LogP contribution is 2.20. The number of benzene rings is 2. The summed E-state index contributed by atoms with van der Waals surface area (Å²) in [5, 5.41) is 6.75. The topological polar surface area (TPSA) is 36.4 Å². The molecule has 2 N–H and O–H groups in total. The highest BCUT2D eigenvalue weighted by molar-refractivity contribution is 5.83. The molecule has 108 valence electrons. The van der Waals surface area contributed by atoms with Crippen LogP contribution in [-0.4, -0.2) is 12.0 Å². The van der Waals surface area contributed by atoms with E-state index in [2.05, 4.69) is 34.7 Å². The summed E-state index contributed by atoms with van der Waals surface area (Å²) in [6.45, 7) is 2.66. The lowest BCUT2D eigenvalue weighted by atomic mass is 10.0. The first kappa shape index (κ1) is 13.6. The predicted molar refractivity (Wildman–Crippen MR) is 82.5 cm³/mol. The maximum Gasteiger partial charge on any atom is 0.192 e. The van der Waals surface area contributed by atoms with Crippen LogP contribution in [-0.2, 0) is 6.54 Å². The molecule has 4 heteroatoms. The Hall–Kier alpha value is -2.36. The molecule has 1 aliphatic heterocycles. The number of hydrogen-bond acceptors (Lipinski definition) is 1. The molecule has 3 rings (SSSR count). The van der Waals surface area contributed by atoms with Crippen molar-refractivity contribution in [3.8, 4) is 0 Å². The standard InChI is InChI=1S/C17H18FN3/c1-12-16(14-5-3-2-4-6-14)21-17(20-12)19-11-13-7-9-15(18)10-8-13/h2-10,12,16H,11H2,1H3,(H2,19,20,21)/t12-,16+/m1/s1. The monoisotopic (exact) mass is 283 g/mol. The van der Waals surface area contributed by atoms with Crippen molar-refractivity contribution >= 4 is 5.96 Å². The molecule has 1 heterocycles. The third-order valence-corrected chi connectivity index (χ3v) is 3.65. The van der Waals surface area contributed by atoms with Crippen LogP contribution >= 0.6 is 0 Å². The lowest BCUT2D eigenvalue weighted by molar-refractivity contribution is 0.568. The fraction of sp³-hybridized carbons (Fsp3) is 0.235. The molecule has 0 unspecified atom stereocenters. The summed E-state index contributed by atoms with van der Waals surface area (Å²) in [5.41, 5.74) is 2.23. The van der Waals surface area contributed by atoms with Crippen molar-refractivity contribution in [2.75, 3.05) is 0 Å². The van der Waals surface area contributed by atoms with Crippen molar-refractivity contribution in [3.63, 3.8) is 0 Å². The lowest BCUT2D eigenvalue weighted by Crippen LogP contribution is -2.26. The Bertz CT molecular complexity index is 622. The van der Waals surface area contributed by atoms with Crippen LogP contribution in [0.3, 0.4) is 0 Å². The Balaban J connectivity index is 1.68. The van der Waals surface area contributed by atoms with Gasteiger partial charge in [0.25, 0.3) is 0 Å². The number of guanidine groups is 1. The van der Waals surface area contributed by atoms with E-state index in [0.717, 1.165) is 11.5 Å². The minimum atomic E-state index is -0.221. The van der Waals surface area contributed by atoms with Gasteiger partial charge in [-0.1, -0.05) is 42.5 Å². The number of nitrogens with zero attached hydrogens (tertiary/aromatic N) is 1. The van der Waals surface area contributed by atoms with Crippen molar-refractivity contribution in [1.82, 2.24) is 10.6 Å². The van der Waals surface area contributed by atoms with Crippen molar-refractivity contribution in [2.45, 2.75) is 25.6 Å². The summed E-state index contributed by atoms with van der Waals surface area (Å²) < 4.78 is 12.9. The number of nitrogens with one attached hydrogen (secondary N) is 2. The van der Waals surface area contributed by atoms with E-state index < -0.39 is 0 Å². The maximum atomic E-state index is 12.9. The minimum absolute atomic E-state index is 0.221. The Labute approximate surface area is 123 Å². The first-order chi connectivity index (χ1) is 10.2. The van der Waals surface area contributed by atoms with Gasteiger partial charge in [-0.05, 0) is 30.2 Å². The summed E-state index contributed by atoms with van der Waals surface area (Å²) in [4.78, 5) is 4.52. The fourth-order valence-electron chi connectivity index (χ4n) is 2.50. The van der Waals surface area contributed by atoms with E-state index in [-0.39, 0.29) is 17.9 Å². The largest absolute Gasteiger partial charge is 0.352 e. The van der Waals surface area contributed by atoms with Gasteiger partial charge in [0.15, 0.2) is 5.96 Å². The molecule has 0 amide bonds. The van der Waals surface area contributed by atoms with E-state index in [4.69, 9.17) is 0 Å². The molecule has 0 aromatic heterocycles. The van der Waals surface area contributed by atoms with Gasteiger partial charge in [0.2, 0.25) is 0 Å². The zero-order chi connectivity index (χ0) is 14.7. The Morgan fingerprint density at radius 2 is 1.71 bits per heavy atom. The molecule has 0 spiro atoms. The summed E-state index contributed by atoms with van der Waals surface area (Å²) >= 11 is 0. The van der Waals surface area contributed by atoms with Crippen molar-refractivity contribution in [3.05, 3.63) is 71.5 Å². The number of rotatable bonds is 3. The highest BCUT2D eigenvalue weighted by atomic mass is 19.1. The molecule has 0 radical (unpaired) electrons. The van der Waals surface area contributed by atoms with Gasteiger partial charge in [0, 0.05) is 0 Å². The number of hydrogen-bond donors (Lipinski definition) is 2. The lowest BCUT2D eigenvalue weighted by Gasteiger charge is -2.14. The SMILES string of the molecule is C[C@H]1NC(=NCc2ccc(F)cc2)N[C@@H]1c1ccccc1. The third kappa shape index (κ3) is 3.21. The number of aliphatic imine (C=N–C) groups is 1. The molecule has 1 fully saturated rings. The molecule has 2 aromatic rings. The molecule has 1 saturated heterocycles. The normalized spacial score (nSPS) is 22.9. The molecule has 0 bridgehead atoms. The summed E-state index contributed by atoms with van der Waals surface area (Å²) in [7, 11) is 0. The van der Waals surface area contributed by atoms with E-state index in [1.165, 1.54) is 17.7 Å². The highest BCUT2D eigenvalue weighted by Gasteiger charge is 2.27. The van der Waals surface area contributed by atoms with E-state index in [1.807, 2.05) is 18.2 Å². The maximum absolute atomic E-state index is 12.9. The van der Waals surface area contributed by atoms with E-state index in [9.17, 15) is 4.39 Å². The average Bonchev–Trinajstić information content (AvgIpc) is 2.89. The van der Waals surface area contributed by atoms with Gasteiger partial charge in [-0.25, -0.2) is 9.38 Å². The van der Waals surface area contributed by atoms with Crippen LogP contribution in [0.2, 0.25) is 0 Å². The van der Waals surface area contributed by atoms with Crippen LogP contribution in [0.5, 0.6) is 0 Å². The predicted octanol–water partition coefficient (Wildman–Crippen LogP) is 3.00. The first-order valence-corrected chi connectivity index (χ1v) is 7.09. The molecular weight excluding hydrogens is 265 g/mol. The molecule has 0 aliphatic carbocycles. The molecule has 0 saturated carbocycles. The van der Waals surface area contributed by atoms with Gasteiger partial charge in [-0.15, -0.1) is 0 Å². The van der Waals surface area contributed by atoms with Crippen LogP contribution in [0.15, 0.2) is 59.6 Å². The zero-order valence-corrected chi connectivity index (χ0v) is 11.9. The molecule has 2 aromatic carbocycles. The molecule has 2 atom stereocenters. The van der Waals surface area contributed by atoms with Crippen molar-refractivity contribution < 1.29 is 4.39 Å². The molecule has 3 nitrogen and oxygen atoms in total. The Morgan fingerprint density at radius 3 is 2.43 bits per heavy atom. The van der Waals surface area contributed by atoms with E-state index in [0.29, 0.717) is 6.54 Å². The van der Waals surface area contributed by atoms with E-state index in [1.54, 1.807) is 12.1 Å². The smallest absolute Gasteiger partial charge is 0.192 e. The van der Waals surface area contributed by atoms with Crippen molar-refractivity contribution in [2.24, 2.45) is 4.99 Å². The minimum Gasteiger partial charge on any atom is -0.352 e. The summed E-state index contributed by atoms with van der Waals surface area (Å²) in [6, 6.07) is 17.2. The second-order valence-corrected chi connectivity index (χ2v) is 5.26. The second kappa shape index (κ2) is 5.95. The van der Waals surface area contributed by atoms with Crippen LogP contribution in [0.4, 0.5) is 4.39 Å². The van der Waals surface area contributed by atoms with E-state index >= 15 is 0 Å². The van der Waals surface area contributed by atoms with Gasteiger partial charge >= 0.3 is 0 Å². The fourth-order valence-corrected chi connectivity index (χ4v) is 2.50. The molecular formula is C17H18FN3. The Kier molecular flexibility index (Phi) is 3.86. The summed E-state index contributed by atoms with van der Waals surface area (Å²) in [6.07, 6.45) is 0. The quantitative estimate of drug-likeness (QED) is 0.908. The third-order valence-electron chi connectivity index (χ3n) is 3.65. The van der Waals surface area contributed by atoms with Gasteiger partial charge in [0.05, 0.1) is 18.6 Å². The molecule has 1 aliphatic rings. The molecule has 21 heavy (non-hydrogen) atoms. The van der Waals surface area contributed by atoms with Crippen LogP contribution in [0, 0.1) is 5.82 Å². The Morgan fingerprint density at radius 1 is 1.00 bits per heavy atom. The van der Waals surface area contributed by atoms with Crippen LogP contribution < -0.4 is 10.6 Å². The second-order valence-electron chi connectivity index (χ2n) is 5.26. The average molecular weight is 283 g/mol. The number of halogens is 1. The first-order valence-electron chi connectivity index (χ1n) is 7.09. The zero-order valence-electron chi connectivity index (χ0n) is 11.9. The van der Waals surface area contributed by atoms with Gasteiger partial charge in [-0.2, -0.15) is 0 Å². The summed E-state index contributed by atoms with van der Waals surface area (Å²) in [5.74, 6) is 0.571. The van der Waals surface area contributed by atoms with Crippen molar-refractivity contribution in [1.29, 1.82) is 0 Å². The van der Waals surface area contributed by atoms with Gasteiger partial charge in [0.1, 0.15) is 5.82 Å². The van der Waals surface area contributed by atoms with Gasteiger partial charge in [-0.3, -0.25) is 0 Å².